The van der Waals surface area contributed by atoms with Crippen molar-refractivity contribution in [2.45, 2.75) is 11.8 Å². The molecule has 0 radical (unpaired) electrons. The van der Waals surface area contributed by atoms with E-state index in [4.69, 9.17) is 0 Å². The average molecular weight is 272 g/mol. The molecule has 96 valence electrons. The van der Waals surface area contributed by atoms with Gasteiger partial charge < -0.3 is 0 Å². The van der Waals surface area contributed by atoms with Crippen LogP contribution >= 0.6 is 0 Å². The Kier molecular flexibility index (Phi) is 2.64. The number of rotatable bonds is 2. The molecule has 0 spiro atoms. The molecule has 2 heterocycles. The molecule has 0 saturated heterocycles. The van der Waals surface area contributed by atoms with Crippen molar-refractivity contribution in [1.29, 1.82) is 0 Å². The van der Waals surface area contributed by atoms with Crippen molar-refractivity contribution in [3.8, 4) is 0 Å². The van der Waals surface area contributed by atoms with E-state index in [0.717, 1.165) is 5.56 Å². The van der Waals surface area contributed by atoms with E-state index < -0.39 is 10.0 Å². The standard InChI is InChI=1S/C14H12N2O2S/c1-11-4-6-12(7-5-11)19(17,18)16-10-8-13-14(16)3-2-9-15-13/h2-10H,1H3. The highest BCUT2D eigenvalue weighted by atomic mass is 32.2. The van der Waals surface area contributed by atoms with Crippen molar-refractivity contribution >= 4 is 21.1 Å². The van der Waals surface area contributed by atoms with Crippen LogP contribution in [-0.2, 0) is 10.0 Å². The van der Waals surface area contributed by atoms with Gasteiger partial charge in [-0.25, -0.2) is 12.4 Å². The summed E-state index contributed by atoms with van der Waals surface area (Å²) in [7, 11) is -3.56. The zero-order valence-electron chi connectivity index (χ0n) is 10.3. The normalized spacial score (nSPS) is 11.8. The van der Waals surface area contributed by atoms with Crippen molar-refractivity contribution in [1.82, 2.24) is 8.96 Å². The van der Waals surface area contributed by atoms with Gasteiger partial charge in [0.05, 0.1) is 15.9 Å². The Hall–Kier alpha value is -2.14. The fourth-order valence-electron chi connectivity index (χ4n) is 1.98. The molecule has 0 aliphatic carbocycles. The minimum atomic E-state index is -3.56. The van der Waals surface area contributed by atoms with Crippen molar-refractivity contribution in [2.24, 2.45) is 0 Å². The Balaban J connectivity index is 2.22. The first-order chi connectivity index (χ1) is 9.09. The van der Waals surface area contributed by atoms with Crippen LogP contribution in [0.25, 0.3) is 11.0 Å². The predicted octanol–water partition coefficient (Wildman–Crippen LogP) is 2.58. The molecule has 0 amide bonds. The van der Waals surface area contributed by atoms with Gasteiger partial charge in [0.25, 0.3) is 10.0 Å². The number of pyridine rings is 1. The summed E-state index contributed by atoms with van der Waals surface area (Å²) < 4.78 is 26.4. The minimum absolute atomic E-state index is 0.277. The van der Waals surface area contributed by atoms with Gasteiger partial charge in [-0.3, -0.25) is 4.98 Å². The lowest BCUT2D eigenvalue weighted by Gasteiger charge is -2.07. The number of hydrogen-bond donors (Lipinski definition) is 0. The number of nitrogens with zero attached hydrogens (tertiary/aromatic N) is 2. The highest BCUT2D eigenvalue weighted by Crippen LogP contribution is 2.20. The van der Waals surface area contributed by atoms with Crippen LogP contribution in [0.3, 0.4) is 0 Å². The van der Waals surface area contributed by atoms with Gasteiger partial charge >= 0.3 is 0 Å². The lowest BCUT2D eigenvalue weighted by molar-refractivity contribution is 0.589. The molecule has 19 heavy (non-hydrogen) atoms. The average Bonchev–Trinajstić information content (AvgIpc) is 2.83. The lowest BCUT2D eigenvalue weighted by atomic mass is 10.2. The van der Waals surface area contributed by atoms with E-state index in [1.165, 1.54) is 10.2 Å². The summed E-state index contributed by atoms with van der Waals surface area (Å²) in [6.45, 7) is 1.92. The van der Waals surface area contributed by atoms with Crippen molar-refractivity contribution in [3.05, 3.63) is 60.4 Å². The zero-order chi connectivity index (χ0) is 13.5. The molecule has 5 heteroatoms. The lowest BCUT2D eigenvalue weighted by Crippen LogP contribution is -2.11. The molecule has 0 aliphatic heterocycles. The van der Waals surface area contributed by atoms with Gasteiger partial charge in [0.2, 0.25) is 0 Å². The smallest absolute Gasteiger partial charge is 0.255 e. The maximum atomic E-state index is 12.6. The Morgan fingerprint density at radius 3 is 2.53 bits per heavy atom. The number of fused-ring (bicyclic) bond motifs is 1. The summed E-state index contributed by atoms with van der Waals surface area (Å²) in [6, 6.07) is 12.0. The first-order valence-electron chi connectivity index (χ1n) is 5.83. The summed E-state index contributed by atoms with van der Waals surface area (Å²) in [5.74, 6) is 0. The first kappa shape index (κ1) is 11.9. The van der Waals surface area contributed by atoms with Crippen LogP contribution in [-0.4, -0.2) is 17.4 Å². The summed E-state index contributed by atoms with van der Waals surface area (Å²) in [5, 5.41) is 0. The van der Waals surface area contributed by atoms with Gasteiger partial charge in [-0.05, 0) is 37.3 Å². The molecule has 0 saturated carbocycles. The fourth-order valence-corrected chi connectivity index (χ4v) is 3.32. The molecule has 2 aromatic heterocycles. The Bertz CT molecular complexity index is 833. The quantitative estimate of drug-likeness (QED) is 0.720. The van der Waals surface area contributed by atoms with Crippen LogP contribution in [0.4, 0.5) is 0 Å². The Morgan fingerprint density at radius 1 is 1.05 bits per heavy atom. The van der Waals surface area contributed by atoms with Crippen molar-refractivity contribution < 1.29 is 8.42 Å². The fraction of sp³-hybridized carbons (Fsp3) is 0.0714. The molecule has 0 unspecified atom stereocenters. The van der Waals surface area contributed by atoms with Crippen molar-refractivity contribution in [3.63, 3.8) is 0 Å². The molecule has 4 nitrogen and oxygen atoms in total. The predicted molar refractivity (Wildman–Crippen MR) is 73.5 cm³/mol. The monoisotopic (exact) mass is 272 g/mol. The van der Waals surface area contributed by atoms with Crippen LogP contribution in [0.5, 0.6) is 0 Å². The zero-order valence-corrected chi connectivity index (χ0v) is 11.1. The maximum Gasteiger partial charge on any atom is 0.268 e. The summed E-state index contributed by atoms with van der Waals surface area (Å²) >= 11 is 0. The van der Waals surface area contributed by atoms with Gasteiger partial charge in [-0.2, -0.15) is 0 Å². The second kappa shape index (κ2) is 4.20. The molecule has 3 rings (SSSR count). The highest BCUT2D eigenvalue weighted by molar-refractivity contribution is 7.90. The van der Waals surface area contributed by atoms with E-state index >= 15 is 0 Å². The van der Waals surface area contributed by atoms with Crippen LogP contribution in [0.1, 0.15) is 5.56 Å². The van der Waals surface area contributed by atoms with E-state index in [9.17, 15) is 8.42 Å². The van der Waals surface area contributed by atoms with E-state index in [1.807, 2.05) is 6.92 Å². The van der Waals surface area contributed by atoms with Crippen molar-refractivity contribution in [2.75, 3.05) is 0 Å². The van der Waals surface area contributed by atoms with E-state index in [0.29, 0.717) is 11.0 Å². The van der Waals surface area contributed by atoms with Gasteiger partial charge in [0.1, 0.15) is 0 Å². The Morgan fingerprint density at radius 2 is 1.79 bits per heavy atom. The second-order valence-electron chi connectivity index (χ2n) is 4.34. The van der Waals surface area contributed by atoms with Crippen LogP contribution < -0.4 is 0 Å². The molecule has 0 aliphatic rings. The molecule has 0 bridgehead atoms. The minimum Gasteiger partial charge on any atom is -0.255 e. The molecule has 3 aromatic rings. The van der Waals surface area contributed by atoms with Gasteiger partial charge in [-0.1, -0.05) is 17.7 Å². The number of hydrogen-bond acceptors (Lipinski definition) is 3. The van der Waals surface area contributed by atoms with Crippen LogP contribution in [0.15, 0.2) is 59.8 Å². The molecule has 0 fully saturated rings. The first-order valence-corrected chi connectivity index (χ1v) is 7.27. The molecule has 0 atom stereocenters. The third-order valence-corrected chi connectivity index (χ3v) is 4.70. The van der Waals surface area contributed by atoms with E-state index in [-0.39, 0.29) is 4.90 Å². The van der Waals surface area contributed by atoms with Gasteiger partial charge in [0, 0.05) is 12.4 Å². The van der Waals surface area contributed by atoms with Gasteiger partial charge in [-0.15, -0.1) is 0 Å². The van der Waals surface area contributed by atoms with Gasteiger partial charge in [0.15, 0.2) is 0 Å². The summed E-state index contributed by atoms with van der Waals surface area (Å²) in [5.41, 5.74) is 2.28. The van der Waals surface area contributed by atoms with Crippen LogP contribution in [0.2, 0.25) is 0 Å². The molecule has 1 aromatic carbocycles. The number of benzene rings is 1. The Labute approximate surface area is 111 Å². The number of aryl methyl sites for hydroxylation is 1. The third kappa shape index (κ3) is 1.92. The molecule has 0 N–H and O–H groups in total. The maximum absolute atomic E-state index is 12.6. The number of aromatic nitrogens is 2. The third-order valence-electron chi connectivity index (χ3n) is 3.00. The topological polar surface area (TPSA) is 52.0 Å². The van der Waals surface area contributed by atoms with Crippen LogP contribution in [0, 0.1) is 6.92 Å². The SMILES string of the molecule is Cc1ccc(S(=O)(=O)n2ccc3ncccc32)cc1. The highest BCUT2D eigenvalue weighted by Gasteiger charge is 2.18. The summed E-state index contributed by atoms with van der Waals surface area (Å²) in [4.78, 5) is 4.42. The molecular weight excluding hydrogens is 260 g/mol. The summed E-state index contributed by atoms with van der Waals surface area (Å²) in [6.07, 6.45) is 3.18. The van der Waals surface area contributed by atoms with E-state index in [1.54, 1.807) is 48.7 Å². The second-order valence-corrected chi connectivity index (χ2v) is 6.15. The van der Waals surface area contributed by atoms with E-state index in [2.05, 4.69) is 4.98 Å². The largest absolute Gasteiger partial charge is 0.268 e. The molecular formula is C14H12N2O2S.